The number of ether oxygens (including phenoxy) is 1. The maximum atomic E-state index is 13.5. The molecule has 0 radical (unpaired) electrons. The Morgan fingerprint density at radius 3 is 2.65 bits per heavy atom. The zero-order valence-electron chi connectivity index (χ0n) is 20.0. The molecule has 12 heteroatoms. The first-order valence-corrected chi connectivity index (χ1v) is 11.7. The lowest BCUT2D eigenvalue weighted by Crippen LogP contribution is -2.46. The van der Waals surface area contributed by atoms with Crippen molar-refractivity contribution in [3.63, 3.8) is 0 Å². The average molecular weight is 503 g/mol. The third kappa shape index (κ3) is 4.48. The number of rotatable bonds is 6. The molecule has 3 aromatic heterocycles. The molecule has 4 heterocycles. The molecule has 0 amide bonds. The third-order valence-corrected chi connectivity index (χ3v) is 6.32. The smallest absolute Gasteiger partial charge is 0.352 e. The molecule has 1 aliphatic rings. The number of halogens is 1. The van der Waals surface area contributed by atoms with Crippen molar-refractivity contribution in [3.05, 3.63) is 83.1 Å². The summed E-state index contributed by atoms with van der Waals surface area (Å²) < 4.78 is 26.7. The second kappa shape index (κ2) is 9.37. The number of hydrogen-bond donors (Lipinski definition) is 0. The molecule has 6 rings (SSSR count). The summed E-state index contributed by atoms with van der Waals surface area (Å²) in [4.78, 5) is 26.1. The molecule has 0 N–H and O–H groups in total. The summed E-state index contributed by atoms with van der Waals surface area (Å²) in [5.41, 5.74) is 1.70. The van der Waals surface area contributed by atoms with E-state index in [0.717, 1.165) is 43.4 Å². The Bertz CT molecular complexity index is 1620. The first-order chi connectivity index (χ1) is 18.1. The van der Waals surface area contributed by atoms with E-state index in [1.807, 2.05) is 18.2 Å². The molecule has 1 saturated heterocycles. The van der Waals surface area contributed by atoms with Crippen molar-refractivity contribution in [2.45, 2.75) is 6.54 Å². The van der Waals surface area contributed by atoms with Crippen LogP contribution in [0.3, 0.4) is 0 Å². The molecule has 0 atom stereocenters. The van der Waals surface area contributed by atoms with E-state index in [-0.39, 0.29) is 23.9 Å². The maximum Gasteiger partial charge on any atom is 0.352 e. The Kier molecular flexibility index (Phi) is 5.75. The molecular formula is C25H23FN8O3. The minimum Gasteiger partial charge on any atom is -0.497 e. The highest BCUT2D eigenvalue weighted by Crippen LogP contribution is 2.23. The number of hydrogen-bond acceptors (Lipinski definition) is 9. The molecule has 11 nitrogen and oxygen atoms in total. The molecule has 37 heavy (non-hydrogen) atoms. The number of benzene rings is 2. The van der Waals surface area contributed by atoms with Crippen molar-refractivity contribution in [1.82, 2.24) is 29.3 Å². The fourth-order valence-corrected chi connectivity index (χ4v) is 4.38. The van der Waals surface area contributed by atoms with Crippen LogP contribution in [0.4, 0.5) is 15.9 Å². The molecule has 5 aromatic rings. The number of methoxy groups -OCH3 is 1. The summed E-state index contributed by atoms with van der Waals surface area (Å²) in [5, 5.41) is 8.32. The second-order valence-corrected chi connectivity index (χ2v) is 8.61. The van der Waals surface area contributed by atoms with Crippen LogP contribution in [0.25, 0.3) is 17.0 Å². The molecule has 1 fully saturated rings. The van der Waals surface area contributed by atoms with E-state index in [1.165, 1.54) is 27.5 Å². The SMILES string of the molecule is COc1cccc(N2CCN(c3cc4nn(Cc5nc(-c6cccc(F)c6)no5)c(=O)n4cn3)CC2)c1. The summed E-state index contributed by atoms with van der Waals surface area (Å²) in [6.45, 7) is 3.18. The lowest BCUT2D eigenvalue weighted by atomic mass is 10.2. The Morgan fingerprint density at radius 1 is 1.03 bits per heavy atom. The van der Waals surface area contributed by atoms with Crippen LogP contribution in [-0.2, 0) is 6.54 Å². The van der Waals surface area contributed by atoms with Crippen molar-refractivity contribution in [2.24, 2.45) is 0 Å². The van der Waals surface area contributed by atoms with Gasteiger partial charge in [0.15, 0.2) is 5.65 Å². The van der Waals surface area contributed by atoms with Gasteiger partial charge < -0.3 is 19.1 Å². The van der Waals surface area contributed by atoms with Gasteiger partial charge in [0.1, 0.15) is 30.3 Å². The van der Waals surface area contributed by atoms with Crippen LogP contribution in [0, 0.1) is 5.82 Å². The zero-order valence-corrected chi connectivity index (χ0v) is 20.0. The molecule has 0 spiro atoms. The third-order valence-electron chi connectivity index (χ3n) is 6.32. The van der Waals surface area contributed by atoms with Crippen LogP contribution >= 0.6 is 0 Å². The van der Waals surface area contributed by atoms with Gasteiger partial charge in [-0.1, -0.05) is 23.4 Å². The van der Waals surface area contributed by atoms with Gasteiger partial charge in [0.2, 0.25) is 11.7 Å². The van der Waals surface area contributed by atoms with Gasteiger partial charge in [-0.15, -0.1) is 5.10 Å². The maximum absolute atomic E-state index is 13.5. The highest BCUT2D eigenvalue weighted by molar-refractivity contribution is 5.55. The van der Waals surface area contributed by atoms with Gasteiger partial charge in [0.25, 0.3) is 0 Å². The van der Waals surface area contributed by atoms with E-state index in [0.29, 0.717) is 11.2 Å². The molecule has 188 valence electrons. The van der Waals surface area contributed by atoms with E-state index >= 15 is 0 Å². The van der Waals surface area contributed by atoms with Crippen LogP contribution < -0.4 is 20.2 Å². The molecule has 0 bridgehead atoms. The first kappa shape index (κ1) is 22.7. The summed E-state index contributed by atoms with van der Waals surface area (Å²) in [6.07, 6.45) is 1.48. The Hall–Kier alpha value is -4.74. The summed E-state index contributed by atoms with van der Waals surface area (Å²) >= 11 is 0. The van der Waals surface area contributed by atoms with E-state index in [9.17, 15) is 9.18 Å². The fraction of sp³-hybridized carbons (Fsp3) is 0.240. The zero-order chi connectivity index (χ0) is 25.4. The fourth-order valence-electron chi connectivity index (χ4n) is 4.38. The van der Waals surface area contributed by atoms with Gasteiger partial charge in [-0.25, -0.2) is 23.3 Å². The van der Waals surface area contributed by atoms with Gasteiger partial charge in [-0.3, -0.25) is 0 Å². The number of aromatic nitrogens is 6. The van der Waals surface area contributed by atoms with E-state index in [2.05, 4.69) is 36.1 Å². The Balaban J connectivity index is 1.17. The molecule has 1 aliphatic heterocycles. The lowest BCUT2D eigenvalue weighted by Gasteiger charge is -2.36. The summed E-state index contributed by atoms with van der Waals surface area (Å²) in [6, 6.07) is 15.7. The standard InChI is InChI=1S/C25H23FN8O3/c1-36-20-7-3-6-19(13-20)31-8-10-32(11-9-31)21-14-22-29-34(25(35)33(22)16-27-21)15-23-28-24(30-37-23)17-4-2-5-18(26)12-17/h2-7,12-14,16H,8-11,15H2,1H3. The van der Waals surface area contributed by atoms with Gasteiger partial charge in [0.05, 0.1) is 7.11 Å². The van der Waals surface area contributed by atoms with E-state index in [4.69, 9.17) is 9.26 Å². The predicted molar refractivity (Wildman–Crippen MR) is 133 cm³/mol. The molecular weight excluding hydrogens is 479 g/mol. The van der Waals surface area contributed by atoms with Gasteiger partial charge in [-0.05, 0) is 24.3 Å². The summed E-state index contributed by atoms with van der Waals surface area (Å²) in [5.74, 6) is 1.61. The minimum atomic E-state index is -0.398. The van der Waals surface area contributed by atoms with Crippen molar-refractivity contribution >= 4 is 17.2 Å². The molecule has 2 aromatic carbocycles. The topological polar surface area (TPSA) is 107 Å². The summed E-state index contributed by atoms with van der Waals surface area (Å²) in [7, 11) is 1.66. The van der Waals surface area contributed by atoms with Crippen LogP contribution in [0.15, 0.2) is 70.2 Å². The van der Waals surface area contributed by atoms with E-state index < -0.39 is 5.82 Å². The lowest BCUT2D eigenvalue weighted by molar-refractivity contribution is 0.364. The minimum absolute atomic E-state index is 0.0165. The quantitative estimate of drug-likeness (QED) is 0.346. The number of anilines is 2. The normalized spacial score (nSPS) is 13.9. The monoisotopic (exact) mass is 502 g/mol. The van der Waals surface area contributed by atoms with Crippen molar-refractivity contribution in [1.29, 1.82) is 0 Å². The van der Waals surface area contributed by atoms with E-state index in [1.54, 1.807) is 25.3 Å². The van der Waals surface area contributed by atoms with Crippen molar-refractivity contribution < 1.29 is 13.7 Å². The number of nitrogens with zero attached hydrogens (tertiary/aromatic N) is 8. The highest BCUT2D eigenvalue weighted by atomic mass is 19.1. The Labute approximate surface area is 210 Å². The predicted octanol–water partition coefficient (Wildman–Crippen LogP) is 2.46. The number of fused-ring (bicyclic) bond motifs is 1. The van der Waals surface area contributed by atoms with Crippen molar-refractivity contribution in [3.8, 4) is 17.1 Å². The van der Waals surface area contributed by atoms with Gasteiger partial charge >= 0.3 is 5.69 Å². The first-order valence-electron chi connectivity index (χ1n) is 11.7. The van der Waals surface area contributed by atoms with Gasteiger partial charge in [-0.2, -0.15) is 4.98 Å². The van der Waals surface area contributed by atoms with Crippen LogP contribution in [0.1, 0.15) is 5.89 Å². The molecule has 0 aliphatic carbocycles. The number of piperazine rings is 1. The highest BCUT2D eigenvalue weighted by Gasteiger charge is 2.20. The molecule has 0 saturated carbocycles. The van der Waals surface area contributed by atoms with Crippen LogP contribution in [0.2, 0.25) is 0 Å². The van der Waals surface area contributed by atoms with Gasteiger partial charge in [0, 0.05) is 49.6 Å². The second-order valence-electron chi connectivity index (χ2n) is 8.61. The van der Waals surface area contributed by atoms with Crippen LogP contribution in [-0.4, -0.2) is 62.6 Å². The van der Waals surface area contributed by atoms with Crippen molar-refractivity contribution in [2.75, 3.05) is 43.1 Å². The van der Waals surface area contributed by atoms with Crippen LogP contribution in [0.5, 0.6) is 5.75 Å². The molecule has 0 unspecified atom stereocenters. The Morgan fingerprint density at radius 2 is 1.84 bits per heavy atom. The largest absolute Gasteiger partial charge is 0.497 e. The average Bonchev–Trinajstić information content (AvgIpc) is 3.53.